The third-order valence-corrected chi connectivity index (χ3v) is 6.04. The number of halogens is 1. The molecule has 1 rings (SSSR count). The Morgan fingerprint density at radius 2 is 1.83 bits per heavy atom. The maximum atomic E-state index is 12.5. The molecule has 0 heterocycles. The first-order valence-electron chi connectivity index (χ1n) is 8.17. The van der Waals surface area contributed by atoms with Crippen molar-refractivity contribution in [3.8, 4) is 0 Å². The molecular formula is C17H28ClNO3S. The summed E-state index contributed by atoms with van der Waals surface area (Å²) >= 11 is 6.36. The van der Waals surface area contributed by atoms with E-state index in [-0.39, 0.29) is 16.2 Å². The second kappa shape index (κ2) is 9.62. The Morgan fingerprint density at radius 1 is 1.22 bits per heavy atom. The molecule has 0 bridgehead atoms. The molecular weight excluding hydrogens is 334 g/mol. The zero-order valence-electron chi connectivity index (χ0n) is 14.1. The van der Waals surface area contributed by atoms with Gasteiger partial charge in [-0.1, -0.05) is 44.9 Å². The van der Waals surface area contributed by atoms with Gasteiger partial charge in [-0.05, 0) is 37.8 Å². The molecule has 4 nitrogen and oxygen atoms in total. The van der Waals surface area contributed by atoms with Gasteiger partial charge in [0.15, 0.2) is 0 Å². The Balaban J connectivity index is 2.88. The minimum absolute atomic E-state index is 0.111. The number of nitrogens with one attached hydrogen (secondary N) is 1. The van der Waals surface area contributed by atoms with Gasteiger partial charge in [0.1, 0.15) is 0 Å². The number of benzene rings is 1. The molecule has 23 heavy (non-hydrogen) atoms. The fraction of sp³-hybridized carbons (Fsp3) is 0.647. The number of sulfonamides is 1. The van der Waals surface area contributed by atoms with E-state index in [1.165, 1.54) is 0 Å². The third kappa shape index (κ3) is 6.79. The van der Waals surface area contributed by atoms with E-state index in [2.05, 4.69) is 11.6 Å². The molecule has 0 aliphatic carbocycles. The average Bonchev–Trinajstić information content (AvgIpc) is 2.52. The minimum atomic E-state index is -3.62. The smallest absolute Gasteiger partial charge is 0.240 e. The Kier molecular flexibility index (Phi) is 8.54. The molecule has 4 atom stereocenters. The molecule has 0 saturated carbocycles. The molecule has 0 saturated heterocycles. The number of hydrogen-bond acceptors (Lipinski definition) is 3. The van der Waals surface area contributed by atoms with Gasteiger partial charge in [-0.2, -0.15) is 0 Å². The molecule has 0 radical (unpaired) electrons. The zero-order chi connectivity index (χ0) is 17.5. The lowest BCUT2D eigenvalue weighted by Gasteiger charge is -2.28. The van der Waals surface area contributed by atoms with E-state index in [4.69, 9.17) is 11.6 Å². The lowest BCUT2D eigenvalue weighted by atomic mass is 9.92. The standard InChI is InChI=1S/C17H28ClNO3S/c1-4-5-9-15(18)12-17(13(2)14(3)20)19-23(21,22)16-10-7-6-8-11-16/h6-8,10-11,13-15,17,19-20H,4-5,9,12H2,1-3H3/t13-,14+,15?,17?/m1/s1. The van der Waals surface area contributed by atoms with Crippen molar-refractivity contribution in [1.82, 2.24) is 4.72 Å². The van der Waals surface area contributed by atoms with Crippen molar-refractivity contribution in [3.63, 3.8) is 0 Å². The molecule has 0 aliphatic rings. The van der Waals surface area contributed by atoms with Gasteiger partial charge in [0, 0.05) is 11.4 Å². The highest BCUT2D eigenvalue weighted by atomic mass is 35.5. The topological polar surface area (TPSA) is 66.4 Å². The first-order valence-corrected chi connectivity index (χ1v) is 10.1. The van der Waals surface area contributed by atoms with Crippen molar-refractivity contribution in [1.29, 1.82) is 0 Å². The molecule has 0 aromatic heterocycles. The average molecular weight is 362 g/mol. The normalized spacial score (nSPS) is 17.4. The maximum absolute atomic E-state index is 12.5. The summed E-state index contributed by atoms with van der Waals surface area (Å²) in [7, 11) is -3.62. The second-order valence-corrected chi connectivity index (χ2v) is 8.45. The molecule has 0 fully saturated rings. The van der Waals surface area contributed by atoms with Crippen LogP contribution in [0.5, 0.6) is 0 Å². The van der Waals surface area contributed by atoms with E-state index < -0.39 is 22.2 Å². The summed E-state index contributed by atoms with van der Waals surface area (Å²) < 4.78 is 27.8. The van der Waals surface area contributed by atoms with Crippen LogP contribution in [0.1, 0.15) is 46.5 Å². The van der Waals surface area contributed by atoms with Crippen LogP contribution in [-0.4, -0.2) is 31.0 Å². The fourth-order valence-electron chi connectivity index (χ4n) is 2.39. The van der Waals surface area contributed by atoms with Crippen LogP contribution in [0, 0.1) is 5.92 Å². The molecule has 0 spiro atoms. The van der Waals surface area contributed by atoms with E-state index in [0.717, 1.165) is 19.3 Å². The van der Waals surface area contributed by atoms with Crippen LogP contribution in [0.2, 0.25) is 0 Å². The predicted molar refractivity (Wildman–Crippen MR) is 95.2 cm³/mol. The fourth-order valence-corrected chi connectivity index (χ4v) is 4.10. The molecule has 132 valence electrons. The minimum Gasteiger partial charge on any atom is -0.393 e. The van der Waals surface area contributed by atoms with Crippen LogP contribution >= 0.6 is 11.6 Å². The van der Waals surface area contributed by atoms with Gasteiger partial charge < -0.3 is 5.11 Å². The summed E-state index contributed by atoms with van der Waals surface area (Å²) in [4.78, 5) is 0.225. The number of alkyl halides is 1. The zero-order valence-corrected chi connectivity index (χ0v) is 15.6. The van der Waals surface area contributed by atoms with Crippen molar-refractivity contribution in [2.45, 2.75) is 68.9 Å². The number of unbranched alkanes of at least 4 members (excludes halogenated alkanes) is 1. The monoisotopic (exact) mass is 361 g/mol. The number of hydrogen-bond donors (Lipinski definition) is 2. The van der Waals surface area contributed by atoms with Crippen molar-refractivity contribution in [2.75, 3.05) is 0 Å². The molecule has 0 aliphatic heterocycles. The van der Waals surface area contributed by atoms with Gasteiger partial charge in [0.25, 0.3) is 0 Å². The lowest BCUT2D eigenvalue weighted by Crippen LogP contribution is -2.44. The van der Waals surface area contributed by atoms with Gasteiger partial charge >= 0.3 is 0 Å². The van der Waals surface area contributed by atoms with Crippen molar-refractivity contribution >= 4 is 21.6 Å². The molecule has 0 amide bonds. The van der Waals surface area contributed by atoms with Crippen LogP contribution in [0.3, 0.4) is 0 Å². The Hall–Kier alpha value is -0.620. The van der Waals surface area contributed by atoms with Gasteiger partial charge in [0.05, 0.1) is 11.0 Å². The first-order chi connectivity index (χ1) is 10.8. The Labute approximate surface area is 145 Å². The quantitative estimate of drug-likeness (QED) is 0.626. The van der Waals surface area contributed by atoms with Gasteiger partial charge in [-0.15, -0.1) is 11.6 Å². The number of aliphatic hydroxyl groups is 1. The summed E-state index contributed by atoms with van der Waals surface area (Å²) in [5.41, 5.74) is 0. The number of aliphatic hydroxyl groups excluding tert-OH is 1. The summed E-state index contributed by atoms with van der Waals surface area (Å²) in [6, 6.07) is 7.86. The molecule has 6 heteroatoms. The van der Waals surface area contributed by atoms with Gasteiger partial charge in [-0.25, -0.2) is 13.1 Å². The van der Waals surface area contributed by atoms with Gasteiger partial charge in [0.2, 0.25) is 10.0 Å². The first kappa shape index (κ1) is 20.4. The maximum Gasteiger partial charge on any atom is 0.240 e. The highest BCUT2D eigenvalue weighted by Gasteiger charge is 2.28. The van der Waals surface area contributed by atoms with E-state index in [9.17, 15) is 13.5 Å². The summed E-state index contributed by atoms with van der Waals surface area (Å²) in [5, 5.41) is 9.76. The van der Waals surface area contributed by atoms with Crippen LogP contribution in [0.25, 0.3) is 0 Å². The summed E-state index contributed by atoms with van der Waals surface area (Å²) in [6.45, 7) is 5.60. The van der Waals surface area contributed by atoms with Crippen molar-refractivity contribution in [3.05, 3.63) is 30.3 Å². The second-order valence-electron chi connectivity index (χ2n) is 6.12. The van der Waals surface area contributed by atoms with Crippen molar-refractivity contribution in [2.24, 2.45) is 5.92 Å². The van der Waals surface area contributed by atoms with Crippen LogP contribution < -0.4 is 4.72 Å². The largest absolute Gasteiger partial charge is 0.393 e. The molecule has 2 N–H and O–H groups in total. The SMILES string of the molecule is CCCCC(Cl)CC(NS(=O)(=O)c1ccccc1)[C@H](C)[C@H](C)O. The highest BCUT2D eigenvalue weighted by Crippen LogP contribution is 2.22. The molecule has 2 unspecified atom stereocenters. The van der Waals surface area contributed by atoms with E-state index in [0.29, 0.717) is 6.42 Å². The van der Waals surface area contributed by atoms with E-state index >= 15 is 0 Å². The Bertz CT molecular complexity index is 548. The van der Waals surface area contributed by atoms with E-state index in [1.807, 2.05) is 6.92 Å². The number of rotatable bonds is 10. The van der Waals surface area contributed by atoms with Crippen LogP contribution in [0.15, 0.2) is 35.2 Å². The molecule has 1 aromatic carbocycles. The van der Waals surface area contributed by atoms with Crippen molar-refractivity contribution < 1.29 is 13.5 Å². The van der Waals surface area contributed by atoms with Crippen LogP contribution in [0.4, 0.5) is 0 Å². The van der Waals surface area contributed by atoms with E-state index in [1.54, 1.807) is 37.3 Å². The third-order valence-electron chi connectivity index (χ3n) is 4.14. The summed E-state index contributed by atoms with van der Waals surface area (Å²) in [5.74, 6) is -0.226. The Morgan fingerprint density at radius 3 is 2.35 bits per heavy atom. The van der Waals surface area contributed by atoms with Gasteiger partial charge in [-0.3, -0.25) is 0 Å². The highest BCUT2D eigenvalue weighted by molar-refractivity contribution is 7.89. The lowest BCUT2D eigenvalue weighted by molar-refractivity contribution is 0.113. The summed E-state index contributed by atoms with van der Waals surface area (Å²) in [6.07, 6.45) is 2.78. The van der Waals surface area contributed by atoms with Crippen LogP contribution in [-0.2, 0) is 10.0 Å². The predicted octanol–water partition coefficient (Wildman–Crippen LogP) is 3.54. The molecule has 1 aromatic rings.